The Kier molecular flexibility index (Phi) is 2.08. The summed E-state index contributed by atoms with van der Waals surface area (Å²) in [4.78, 5) is 22.9. The van der Waals surface area contributed by atoms with Crippen LogP contribution in [0.4, 0.5) is 0 Å². The molecule has 0 aliphatic carbocycles. The SMILES string of the molecule is O=C1Cc2ccc(-c3ccco3)cc2C(=O)N1. The topological polar surface area (TPSA) is 59.3 Å². The van der Waals surface area contributed by atoms with E-state index in [9.17, 15) is 9.59 Å². The number of furan rings is 1. The second-order valence-corrected chi connectivity index (χ2v) is 3.90. The van der Waals surface area contributed by atoms with Gasteiger partial charge < -0.3 is 4.42 Å². The van der Waals surface area contributed by atoms with Crippen molar-refractivity contribution in [1.82, 2.24) is 5.32 Å². The van der Waals surface area contributed by atoms with E-state index < -0.39 is 0 Å². The minimum atomic E-state index is -0.343. The van der Waals surface area contributed by atoms with Crippen LogP contribution < -0.4 is 5.32 Å². The number of amides is 2. The Labute approximate surface area is 97.2 Å². The van der Waals surface area contributed by atoms with Gasteiger partial charge in [-0.05, 0) is 23.8 Å². The lowest BCUT2D eigenvalue weighted by atomic mass is 9.97. The van der Waals surface area contributed by atoms with Crippen molar-refractivity contribution in [3.8, 4) is 11.3 Å². The van der Waals surface area contributed by atoms with E-state index in [4.69, 9.17) is 4.42 Å². The molecule has 1 N–H and O–H groups in total. The number of fused-ring (bicyclic) bond motifs is 1. The molecule has 0 radical (unpaired) electrons. The molecule has 2 aromatic rings. The molecular formula is C13H9NO3. The molecule has 0 saturated carbocycles. The first-order valence-electron chi connectivity index (χ1n) is 5.25. The van der Waals surface area contributed by atoms with Crippen LogP contribution >= 0.6 is 0 Å². The number of carbonyl (C=O) groups is 2. The van der Waals surface area contributed by atoms with Crippen LogP contribution in [-0.4, -0.2) is 11.8 Å². The number of rotatable bonds is 1. The average molecular weight is 227 g/mol. The lowest BCUT2D eigenvalue weighted by Gasteiger charge is -2.15. The second kappa shape index (κ2) is 3.59. The fourth-order valence-corrected chi connectivity index (χ4v) is 1.95. The summed E-state index contributed by atoms with van der Waals surface area (Å²) in [5.41, 5.74) is 2.13. The Morgan fingerprint density at radius 1 is 1.18 bits per heavy atom. The molecule has 4 nitrogen and oxygen atoms in total. The quantitative estimate of drug-likeness (QED) is 0.755. The summed E-state index contributed by atoms with van der Waals surface area (Å²) < 4.78 is 5.27. The molecule has 4 heteroatoms. The van der Waals surface area contributed by atoms with Crippen LogP contribution in [0.2, 0.25) is 0 Å². The maximum Gasteiger partial charge on any atom is 0.258 e. The van der Waals surface area contributed by atoms with Crippen molar-refractivity contribution in [2.75, 3.05) is 0 Å². The largest absolute Gasteiger partial charge is 0.464 e. The summed E-state index contributed by atoms with van der Waals surface area (Å²) in [5, 5.41) is 2.30. The molecule has 0 spiro atoms. The summed E-state index contributed by atoms with van der Waals surface area (Å²) in [6.07, 6.45) is 1.83. The van der Waals surface area contributed by atoms with Crippen molar-refractivity contribution < 1.29 is 14.0 Å². The Morgan fingerprint density at radius 2 is 2.06 bits per heavy atom. The molecule has 2 amide bonds. The van der Waals surface area contributed by atoms with E-state index in [1.165, 1.54) is 0 Å². The lowest BCUT2D eigenvalue weighted by molar-refractivity contribution is -0.119. The third-order valence-corrected chi connectivity index (χ3v) is 2.76. The monoisotopic (exact) mass is 227 g/mol. The predicted molar refractivity (Wildman–Crippen MR) is 60.3 cm³/mol. The molecule has 1 aliphatic rings. The minimum Gasteiger partial charge on any atom is -0.464 e. The van der Waals surface area contributed by atoms with Crippen LogP contribution in [0, 0.1) is 0 Å². The van der Waals surface area contributed by atoms with Crippen molar-refractivity contribution in [1.29, 1.82) is 0 Å². The number of imide groups is 1. The highest BCUT2D eigenvalue weighted by molar-refractivity contribution is 6.10. The van der Waals surface area contributed by atoms with Crippen LogP contribution in [0.25, 0.3) is 11.3 Å². The summed E-state index contributed by atoms with van der Waals surface area (Å²) in [6.45, 7) is 0. The molecule has 0 atom stereocenters. The van der Waals surface area contributed by atoms with Gasteiger partial charge in [0, 0.05) is 11.1 Å². The van der Waals surface area contributed by atoms with Gasteiger partial charge in [-0.15, -0.1) is 0 Å². The number of hydrogen-bond donors (Lipinski definition) is 1. The first-order valence-corrected chi connectivity index (χ1v) is 5.25. The van der Waals surface area contributed by atoms with E-state index >= 15 is 0 Å². The molecule has 3 rings (SSSR count). The van der Waals surface area contributed by atoms with Crippen molar-refractivity contribution in [2.45, 2.75) is 6.42 Å². The molecule has 17 heavy (non-hydrogen) atoms. The average Bonchev–Trinajstić information content (AvgIpc) is 2.82. The maximum atomic E-state index is 11.7. The molecule has 0 unspecified atom stereocenters. The van der Waals surface area contributed by atoms with Gasteiger partial charge >= 0.3 is 0 Å². The predicted octanol–water partition coefficient (Wildman–Crippen LogP) is 1.76. The number of hydrogen-bond acceptors (Lipinski definition) is 3. The van der Waals surface area contributed by atoms with Crippen LogP contribution in [-0.2, 0) is 11.2 Å². The number of carbonyl (C=O) groups excluding carboxylic acids is 2. The smallest absolute Gasteiger partial charge is 0.258 e. The molecule has 0 fully saturated rings. The second-order valence-electron chi connectivity index (χ2n) is 3.90. The highest BCUT2D eigenvalue weighted by Crippen LogP contribution is 2.24. The van der Waals surface area contributed by atoms with Gasteiger partial charge in [0.15, 0.2) is 0 Å². The van der Waals surface area contributed by atoms with Crippen molar-refractivity contribution in [3.05, 3.63) is 47.7 Å². The molecule has 2 heterocycles. The molecule has 0 saturated heterocycles. The van der Waals surface area contributed by atoms with E-state index in [0.29, 0.717) is 11.3 Å². The zero-order chi connectivity index (χ0) is 11.8. The first-order chi connectivity index (χ1) is 8.24. The van der Waals surface area contributed by atoms with Crippen LogP contribution in [0.1, 0.15) is 15.9 Å². The maximum absolute atomic E-state index is 11.7. The Hall–Kier alpha value is -2.36. The highest BCUT2D eigenvalue weighted by atomic mass is 16.3. The highest BCUT2D eigenvalue weighted by Gasteiger charge is 2.22. The van der Waals surface area contributed by atoms with Gasteiger partial charge in [0.2, 0.25) is 5.91 Å². The minimum absolute atomic E-state index is 0.250. The van der Waals surface area contributed by atoms with Crippen LogP contribution in [0.15, 0.2) is 41.0 Å². The summed E-state index contributed by atoms with van der Waals surface area (Å²) in [7, 11) is 0. The number of benzene rings is 1. The van der Waals surface area contributed by atoms with Gasteiger partial charge in [0.1, 0.15) is 5.76 Å². The van der Waals surface area contributed by atoms with Gasteiger partial charge in [-0.2, -0.15) is 0 Å². The van der Waals surface area contributed by atoms with Gasteiger partial charge in [-0.3, -0.25) is 14.9 Å². The Morgan fingerprint density at radius 3 is 2.82 bits per heavy atom. The van der Waals surface area contributed by atoms with Crippen molar-refractivity contribution in [3.63, 3.8) is 0 Å². The number of nitrogens with one attached hydrogen (secondary N) is 1. The summed E-state index contributed by atoms with van der Waals surface area (Å²) >= 11 is 0. The third kappa shape index (κ3) is 1.63. The van der Waals surface area contributed by atoms with Crippen LogP contribution in [0.3, 0.4) is 0 Å². The molecule has 1 aliphatic heterocycles. The molecule has 0 bridgehead atoms. The van der Waals surface area contributed by atoms with E-state index in [2.05, 4.69) is 5.32 Å². The first kappa shape index (κ1) is 9.84. The van der Waals surface area contributed by atoms with Gasteiger partial charge in [0.05, 0.1) is 12.7 Å². The summed E-state index contributed by atoms with van der Waals surface area (Å²) in [5.74, 6) is 0.107. The Bertz CT molecular complexity index is 599. The standard InChI is InChI=1S/C13H9NO3/c15-12-7-8-3-4-9(11-2-1-5-17-11)6-10(8)13(16)14-12/h1-6H,7H2,(H,14,15,16). The van der Waals surface area contributed by atoms with E-state index in [1.807, 2.05) is 12.1 Å². The zero-order valence-electron chi connectivity index (χ0n) is 8.90. The molecular weight excluding hydrogens is 218 g/mol. The van der Waals surface area contributed by atoms with Gasteiger partial charge in [-0.1, -0.05) is 12.1 Å². The Balaban J connectivity index is 2.10. The summed E-state index contributed by atoms with van der Waals surface area (Å²) in [6, 6.07) is 9.01. The molecule has 84 valence electrons. The van der Waals surface area contributed by atoms with Crippen LogP contribution in [0.5, 0.6) is 0 Å². The normalized spacial score (nSPS) is 14.4. The van der Waals surface area contributed by atoms with E-state index in [-0.39, 0.29) is 18.2 Å². The van der Waals surface area contributed by atoms with Gasteiger partial charge in [-0.25, -0.2) is 0 Å². The van der Waals surface area contributed by atoms with Crippen molar-refractivity contribution in [2.24, 2.45) is 0 Å². The van der Waals surface area contributed by atoms with Gasteiger partial charge in [0.25, 0.3) is 5.91 Å². The third-order valence-electron chi connectivity index (χ3n) is 2.76. The molecule has 1 aromatic heterocycles. The van der Waals surface area contributed by atoms with E-state index in [0.717, 1.165) is 11.1 Å². The van der Waals surface area contributed by atoms with Crippen molar-refractivity contribution >= 4 is 11.8 Å². The fourth-order valence-electron chi connectivity index (χ4n) is 1.95. The van der Waals surface area contributed by atoms with E-state index in [1.54, 1.807) is 24.5 Å². The lowest BCUT2D eigenvalue weighted by Crippen LogP contribution is -2.37. The molecule has 1 aromatic carbocycles. The fraction of sp³-hybridized carbons (Fsp3) is 0.0769. The zero-order valence-corrected chi connectivity index (χ0v) is 8.90.